The molecule has 0 aromatic rings. The van der Waals surface area contributed by atoms with Gasteiger partial charge < -0.3 is 14.6 Å². The Morgan fingerprint density at radius 1 is 1.25 bits per heavy atom. The van der Waals surface area contributed by atoms with Crippen molar-refractivity contribution in [1.82, 2.24) is 9.62 Å². The number of carbonyl (C=O) groups is 1. The minimum absolute atomic E-state index is 0.345. The maximum atomic E-state index is 13.2. The molecule has 1 aliphatic carbocycles. The third-order valence-corrected chi connectivity index (χ3v) is 7.65. The van der Waals surface area contributed by atoms with E-state index in [0.717, 1.165) is 38.5 Å². The number of amides is 1. The predicted octanol–water partition coefficient (Wildman–Crippen LogP) is 3.78. The summed E-state index contributed by atoms with van der Waals surface area (Å²) in [7, 11) is -3.67. The summed E-state index contributed by atoms with van der Waals surface area (Å²) in [5.74, 6) is -0.0500. The Hall–Kier alpha value is -0.900. The van der Waals surface area contributed by atoms with Crippen LogP contribution in [0.1, 0.15) is 92.9 Å². The van der Waals surface area contributed by atoms with Crippen LogP contribution in [0.2, 0.25) is 0 Å². The van der Waals surface area contributed by atoms with Gasteiger partial charge in [0.15, 0.2) is 0 Å². The Morgan fingerprint density at radius 2 is 1.88 bits per heavy atom. The van der Waals surface area contributed by atoms with Crippen LogP contribution in [-0.2, 0) is 19.5 Å². The average Bonchev–Trinajstić information content (AvgIpc) is 2.91. The van der Waals surface area contributed by atoms with Crippen molar-refractivity contribution >= 4 is 16.1 Å². The van der Waals surface area contributed by atoms with E-state index in [1.807, 2.05) is 27.7 Å². The Labute approximate surface area is 194 Å². The zero-order chi connectivity index (χ0) is 24.2. The molecule has 2 aliphatic rings. The van der Waals surface area contributed by atoms with E-state index < -0.39 is 51.4 Å². The van der Waals surface area contributed by atoms with E-state index >= 15 is 0 Å². The van der Waals surface area contributed by atoms with Crippen molar-refractivity contribution in [3.05, 3.63) is 0 Å². The van der Waals surface area contributed by atoms with Crippen LogP contribution in [0.3, 0.4) is 0 Å². The molecule has 1 saturated heterocycles. The van der Waals surface area contributed by atoms with Crippen LogP contribution in [-0.4, -0.2) is 66.4 Å². The number of nitrogens with one attached hydrogen (secondary N) is 1. The number of unbranched alkanes of at least 4 members (excludes halogenated alkanes) is 1. The average molecular weight is 477 g/mol. The predicted molar refractivity (Wildman–Crippen MR) is 125 cm³/mol. The summed E-state index contributed by atoms with van der Waals surface area (Å²) in [6, 6.07) is -0.455. The highest BCUT2D eigenvalue weighted by Crippen LogP contribution is 2.40. The zero-order valence-electron chi connectivity index (χ0n) is 20.7. The highest BCUT2D eigenvalue weighted by molar-refractivity contribution is 7.89. The van der Waals surface area contributed by atoms with E-state index in [-0.39, 0.29) is 0 Å². The number of aliphatic hydroxyl groups excluding tert-OH is 1. The van der Waals surface area contributed by atoms with Gasteiger partial charge in [0.05, 0.1) is 17.9 Å². The monoisotopic (exact) mass is 476 g/mol. The minimum atomic E-state index is -3.67. The Morgan fingerprint density at radius 3 is 2.44 bits per heavy atom. The highest BCUT2D eigenvalue weighted by atomic mass is 32.2. The first kappa shape index (κ1) is 27.3. The van der Waals surface area contributed by atoms with Crippen LogP contribution >= 0.6 is 0 Å². The smallest absolute Gasteiger partial charge is 0.412 e. The fourth-order valence-electron chi connectivity index (χ4n) is 4.80. The second-order valence-corrected chi connectivity index (χ2v) is 12.6. The van der Waals surface area contributed by atoms with Gasteiger partial charge in [-0.25, -0.2) is 17.9 Å². The second kappa shape index (κ2) is 11.0. The van der Waals surface area contributed by atoms with Crippen molar-refractivity contribution in [2.45, 2.75) is 122 Å². The van der Waals surface area contributed by atoms with Gasteiger partial charge in [0, 0.05) is 6.54 Å². The molecule has 1 saturated carbocycles. The Bertz CT molecular complexity index is 712. The number of ether oxygens (including phenoxy) is 2. The minimum Gasteiger partial charge on any atom is -0.444 e. The van der Waals surface area contributed by atoms with Gasteiger partial charge in [0.25, 0.3) is 0 Å². The SMILES string of the molecule is CCCCNS(=O)(=O)CC(O)[C@H]1OC(C)(C)N(C(=O)OC(C)(C)C)[C@@H]1CC1CCCCC1. The largest absolute Gasteiger partial charge is 0.444 e. The molecule has 9 heteroatoms. The number of rotatable bonds is 9. The molecule has 0 radical (unpaired) electrons. The molecule has 2 fully saturated rings. The molecule has 0 bridgehead atoms. The van der Waals surface area contributed by atoms with Crippen molar-refractivity contribution in [2.75, 3.05) is 12.3 Å². The fraction of sp³-hybridized carbons (Fsp3) is 0.957. The molecule has 1 unspecified atom stereocenters. The second-order valence-electron chi connectivity index (χ2n) is 10.8. The normalized spacial score (nSPS) is 25.7. The molecule has 3 atom stereocenters. The summed E-state index contributed by atoms with van der Waals surface area (Å²) in [5, 5.41) is 11.0. The third-order valence-electron chi connectivity index (χ3n) is 6.23. The molecule has 8 nitrogen and oxygen atoms in total. The lowest BCUT2D eigenvalue weighted by Gasteiger charge is -2.37. The van der Waals surface area contributed by atoms with Crippen LogP contribution in [0.5, 0.6) is 0 Å². The van der Waals surface area contributed by atoms with Crippen LogP contribution in [0.25, 0.3) is 0 Å². The van der Waals surface area contributed by atoms with Crippen LogP contribution in [0, 0.1) is 5.92 Å². The molecular formula is C23H44N2O6S. The summed E-state index contributed by atoms with van der Waals surface area (Å²) in [5.41, 5.74) is -1.70. The molecule has 32 heavy (non-hydrogen) atoms. The first-order valence-corrected chi connectivity index (χ1v) is 13.8. The highest BCUT2D eigenvalue weighted by Gasteiger charge is 2.54. The standard InChI is InChI=1S/C23H44N2O6S/c1-7-8-14-24-32(28,29)16-19(26)20-18(15-17-12-10-9-11-13-17)25(23(5,6)30-20)21(27)31-22(2,3)4/h17-20,24,26H,7-16H2,1-6H3/t18-,19?,20+/m1/s1. The van der Waals surface area contributed by atoms with Gasteiger partial charge in [-0.1, -0.05) is 45.4 Å². The maximum Gasteiger partial charge on any atom is 0.412 e. The van der Waals surface area contributed by atoms with Gasteiger partial charge >= 0.3 is 6.09 Å². The first-order chi connectivity index (χ1) is 14.8. The number of hydrogen-bond acceptors (Lipinski definition) is 6. The van der Waals surface area contributed by atoms with Gasteiger partial charge in [-0.15, -0.1) is 0 Å². The topological polar surface area (TPSA) is 105 Å². The quantitative estimate of drug-likeness (QED) is 0.491. The lowest BCUT2D eigenvalue weighted by atomic mass is 9.83. The van der Waals surface area contributed by atoms with Gasteiger partial charge in [-0.05, 0) is 53.4 Å². The fourth-order valence-corrected chi connectivity index (χ4v) is 6.02. The maximum absolute atomic E-state index is 13.2. The van der Waals surface area contributed by atoms with Crippen molar-refractivity contribution < 1.29 is 27.8 Å². The van der Waals surface area contributed by atoms with E-state index in [4.69, 9.17) is 9.47 Å². The van der Waals surface area contributed by atoms with Gasteiger partial charge in [0.1, 0.15) is 17.4 Å². The van der Waals surface area contributed by atoms with Crippen LogP contribution in [0.4, 0.5) is 4.79 Å². The molecule has 1 aliphatic heterocycles. The van der Waals surface area contributed by atoms with E-state index in [9.17, 15) is 18.3 Å². The first-order valence-electron chi connectivity index (χ1n) is 12.1. The van der Waals surface area contributed by atoms with Gasteiger partial charge in [-0.2, -0.15) is 0 Å². The van der Waals surface area contributed by atoms with Crippen molar-refractivity contribution in [3.63, 3.8) is 0 Å². The lowest BCUT2D eigenvalue weighted by Crippen LogP contribution is -2.52. The molecule has 2 N–H and O–H groups in total. The molecule has 0 spiro atoms. The Balaban J connectivity index is 2.25. The van der Waals surface area contributed by atoms with E-state index in [1.165, 1.54) is 6.42 Å². The molecule has 188 valence electrons. The summed E-state index contributed by atoms with van der Waals surface area (Å²) < 4.78 is 39.4. The molecule has 2 rings (SSSR count). The van der Waals surface area contributed by atoms with Crippen molar-refractivity contribution in [1.29, 1.82) is 0 Å². The van der Waals surface area contributed by atoms with Crippen molar-refractivity contribution in [2.24, 2.45) is 5.92 Å². The van der Waals surface area contributed by atoms with Gasteiger partial charge in [-0.3, -0.25) is 4.90 Å². The molecule has 1 heterocycles. The van der Waals surface area contributed by atoms with E-state index in [1.54, 1.807) is 18.7 Å². The van der Waals surface area contributed by atoms with Crippen LogP contribution < -0.4 is 4.72 Å². The van der Waals surface area contributed by atoms with Gasteiger partial charge in [0.2, 0.25) is 10.0 Å². The zero-order valence-corrected chi connectivity index (χ0v) is 21.5. The molecule has 0 aromatic carbocycles. The summed E-state index contributed by atoms with van der Waals surface area (Å²) >= 11 is 0. The molecule has 1 amide bonds. The number of sulfonamides is 1. The summed E-state index contributed by atoms with van der Waals surface area (Å²) in [4.78, 5) is 14.7. The summed E-state index contributed by atoms with van der Waals surface area (Å²) in [6.45, 7) is 11.3. The number of hydrogen-bond donors (Lipinski definition) is 2. The van der Waals surface area contributed by atoms with E-state index in [0.29, 0.717) is 18.9 Å². The number of aliphatic hydroxyl groups is 1. The number of nitrogens with zero attached hydrogens (tertiary/aromatic N) is 1. The van der Waals surface area contributed by atoms with Crippen LogP contribution in [0.15, 0.2) is 0 Å². The lowest BCUT2D eigenvalue weighted by molar-refractivity contribution is -0.0995. The van der Waals surface area contributed by atoms with E-state index in [2.05, 4.69) is 4.72 Å². The third kappa shape index (κ3) is 7.85. The summed E-state index contributed by atoms with van der Waals surface area (Å²) in [6.07, 6.45) is 5.36. The molecular weight excluding hydrogens is 432 g/mol. The molecule has 0 aromatic heterocycles. The van der Waals surface area contributed by atoms with Crippen molar-refractivity contribution in [3.8, 4) is 0 Å². The Kier molecular flexibility index (Phi) is 9.41. The number of carbonyl (C=O) groups excluding carboxylic acids is 1.